The van der Waals surface area contributed by atoms with Gasteiger partial charge in [0.25, 0.3) is 0 Å². The molecule has 2 N–H and O–H groups in total. The van der Waals surface area contributed by atoms with Crippen molar-refractivity contribution in [1.29, 1.82) is 0 Å². The van der Waals surface area contributed by atoms with Gasteiger partial charge in [-0.15, -0.1) is 0 Å². The van der Waals surface area contributed by atoms with E-state index in [4.69, 9.17) is 21.4 Å². The normalized spacial score (nSPS) is 11.2. The van der Waals surface area contributed by atoms with E-state index in [0.717, 1.165) is 11.4 Å². The Bertz CT molecular complexity index is 1180. The second-order valence-electron chi connectivity index (χ2n) is 9.39. The maximum atomic E-state index is 13.1. The summed E-state index contributed by atoms with van der Waals surface area (Å²) in [6.07, 6.45) is 0.704. The van der Waals surface area contributed by atoms with E-state index in [9.17, 15) is 9.59 Å². The van der Waals surface area contributed by atoms with Crippen molar-refractivity contribution in [3.8, 4) is 11.4 Å². The van der Waals surface area contributed by atoms with E-state index < -0.39 is 0 Å². The van der Waals surface area contributed by atoms with E-state index in [1.54, 1.807) is 35.0 Å². The van der Waals surface area contributed by atoms with Crippen molar-refractivity contribution in [3.05, 3.63) is 65.3 Å². The zero-order valence-electron chi connectivity index (χ0n) is 21.5. The van der Waals surface area contributed by atoms with Crippen molar-refractivity contribution in [2.24, 2.45) is 0 Å². The largest absolute Gasteiger partial charge is 0.494 e. The molecule has 1 aromatic heterocycles. The van der Waals surface area contributed by atoms with E-state index in [1.807, 2.05) is 58.9 Å². The molecule has 0 fully saturated rings. The lowest BCUT2D eigenvalue weighted by Crippen LogP contribution is -2.41. The van der Waals surface area contributed by atoms with E-state index in [1.165, 1.54) is 4.90 Å². The van der Waals surface area contributed by atoms with Gasteiger partial charge in [0.05, 0.1) is 23.0 Å². The summed E-state index contributed by atoms with van der Waals surface area (Å²) in [6, 6.07) is 15.9. The molecule has 0 saturated heterocycles. The minimum atomic E-state index is -0.355. The third-order valence-corrected chi connectivity index (χ3v) is 5.68. The van der Waals surface area contributed by atoms with Crippen molar-refractivity contribution in [2.45, 2.75) is 46.5 Å². The zero-order valence-corrected chi connectivity index (χ0v) is 22.2. The molecule has 3 amide bonds. The van der Waals surface area contributed by atoms with Crippen LogP contribution in [-0.4, -0.2) is 46.3 Å². The molecule has 36 heavy (non-hydrogen) atoms. The number of hydrogen-bond acceptors (Lipinski definition) is 4. The fourth-order valence-corrected chi connectivity index (χ4v) is 3.74. The number of hydrogen-bond donors (Lipinski definition) is 2. The van der Waals surface area contributed by atoms with Crippen LogP contribution >= 0.6 is 11.6 Å². The molecule has 3 rings (SSSR count). The number of amides is 3. The number of halogens is 1. The van der Waals surface area contributed by atoms with E-state index in [2.05, 4.69) is 10.6 Å². The smallest absolute Gasteiger partial charge is 0.322 e. The van der Waals surface area contributed by atoms with E-state index in [-0.39, 0.29) is 23.9 Å². The van der Waals surface area contributed by atoms with Crippen LogP contribution in [-0.2, 0) is 10.2 Å². The molecule has 9 heteroatoms. The number of ether oxygens (including phenoxy) is 1. The molecule has 0 aliphatic heterocycles. The minimum Gasteiger partial charge on any atom is -0.494 e. The minimum absolute atomic E-state index is 0.116. The maximum absolute atomic E-state index is 13.1. The molecule has 0 spiro atoms. The standard InChI is InChI=1S/C27H34ClN5O3/c1-6-16-32(26(35)29-19-12-14-20(15-13-19)36-7-2)18-25(34)30-24-17-23(27(3,4)5)31-33(24)22-11-9-8-10-21(22)28/h8-15,17H,6-7,16,18H2,1-5H3,(H,29,35)(H,30,34). The first-order chi connectivity index (χ1) is 17.1. The van der Waals surface area contributed by atoms with Crippen molar-refractivity contribution in [1.82, 2.24) is 14.7 Å². The molecule has 192 valence electrons. The van der Waals surface area contributed by atoms with Gasteiger partial charge in [-0.05, 0) is 49.7 Å². The number of urea groups is 1. The molecule has 1 heterocycles. The highest BCUT2D eigenvalue weighted by Gasteiger charge is 2.23. The summed E-state index contributed by atoms with van der Waals surface area (Å²) in [6.45, 7) is 10.9. The Morgan fingerprint density at radius 2 is 1.75 bits per heavy atom. The average molecular weight is 512 g/mol. The molecule has 0 saturated carbocycles. The van der Waals surface area contributed by atoms with E-state index >= 15 is 0 Å². The zero-order chi connectivity index (χ0) is 26.3. The molecule has 0 radical (unpaired) electrons. The van der Waals surface area contributed by atoms with Crippen LogP contribution in [0, 0.1) is 0 Å². The predicted octanol–water partition coefficient (Wildman–Crippen LogP) is 6.10. The lowest BCUT2D eigenvalue weighted by Gasteiger charge is -2.22. The third kappa shape index (κ3) is 7.01. The first kappa shape index (κ1) is 27.1. The van der Waals surface area contributed by atoms with Crippen molar-refractivity contribution < 1.29 is 14.3 Å². The Morgan fingerprint density at radius 3 is 2.36 bits per heavy atom. The Balaban J connectivity index is 1.76. The van der Waals surface area contributed by atoms with Gasteiger partial charge in [-0.1, -0.05) is 51.4 Å². The van der Waals surface area contributed by atoms with Crippen LogP contribution < -0.4 is 15.4 Å². The lowest BCUT2D eigenvalue weighted by molar-refractivity contribution is -0.116. The van der Waals surface area contributed by atoms with Gasteiger partial charge in [-0.2, -0.15) is 5.10 Å². The van der Waals surface area contributed by atoms with Crippen LogP contribution in [0.25, 0.3) is 5.69 Å². The molecule has 0 aliphatic rings. The Morgan fingerprint density at radius 1 is 1.06 bits per heavy atom. The van der Waals surface area contributed by atoms with Crippen molar-refractivity contribution >= 4 is 35.0 Å². The molecule has 2 aromatic carbocycles. The number of nitrogens with one attached hydrogen (secondary N) is 2. The quantitative estimate of drug-likeness (QED) is 0.363. The van der Waals surface area contributed by atoms with Crippen LogP contribution in [0.3, 0.4) is 0 Å². The number of nitrogens with zero attached hydrogens (tertiary/aromatic N) is 3. The number of anilines is 2. The predicted molar refractivity (Wildman–Crippen MR) is 144 cm³/mol. The van der Waals surface area contributed by atoms with Gasteiger partial charge in [-0.25, -0.2) is 9.48 Å². The molecular formula is C27H34ClN5O3. The summed E-state index contributed by atoms with van der Waals surface area (Å²) in [4.78, 5) is 27.5. The molecule has 0 unspecified atom stereocenters. The van der Waals surface area contributed by atoms with Crippen molar-refractivity contribution in [2.75, 3.05) is 30.3 Å². The van der Waals surface area contributed by atoms with Gasteiger partial charge in [0.15, 0.2) is 0 Å². The molecule has 3 aromatic rings. The van der Waals surface area contributed by atoms with Gasteiger partial charge in [0.1, 0.15) is 18.1 Å². The molecule has 0 bridgehead atoms. The van der Waals surface area contributed by atoms with Crippen LogP contribution in [0.1, 0.15) is 46.7 Å². The fourth-order valence-electron chi connectivity index (χ4n) is 3.53. The van der Waals surface area contributed by atoms with Crippen LogP contribution in [0.4, 0.5) is 16.3 Å². The Kier molecular flexibility index (Phi) is 8.98. The van der Waals surface area contributed by atoms with Crippen LogP contribution in [0.2, 0.25) is 5.02 Å². The van der Waals surface area contributed by atoms with Gasteiger partial charge >= 0.3 is 6.03 Å². The Hall–Kier alpha value is -3.52. The van der Waals surface area contributed by atoms with Crippen molar-refractivity contribution in [3.63, 3.8) is 0 Å². The first-order valence-corrected chi connectivity index (χ1v) is 12.4. The lowest BCUT2D eigenvalue weighted by atomic mass is 9.92. The maximum Gasteiger partial charge on any atom is 0.322 e. The molecule has 8 nitrogen and oxygen atoms in total. The summed E-state index contributed by atoms with van der Waals surface area (Å²) in [7, 11) is 0. The number of carbonyl (C=O) groups is 2. The summed E-state index contributed by atoms with van der Waals surface area (Å²) in [5.74, 6) is 0.880. The van der Waals surface area contributed by atoms with E-state index in [0.29, 0.717) is 41.8 Å². The number of rotatable bonds is 9. The highest BCUT2D eigenvalue weighted by atomic mass is 35.5. The first-order valence-electron chi connectivity index (χ1n) is 12.1. The fraction of sp³-hybridized carbons (Fsp3) is 0.370. The van der Waals surface area contributed by atoms with Gasteiger partial charge < -0.3 is 20.3 Å². The average Bonchev–Trinajstić information content (AvgIpc) is 3.24. The van der Waals surface area contributed by atoms with Gasteiger partial charge in [-0.3, -0.25) is 4.79 Å². The van der Waals surface area contributed by atoms with Crippen LogP contribution in [0.5, 0.6) is 5.75 Å². The summed E-state index contributed by atoms with van der Waals surface area (Å²) >= 11 is 6.42. The highest BCUT2D eigenvalue weighted by Crippen LogP contribution is 2.29. The SMILES string of the molecule is CCCN(CC(=O)Nc1cc(C(C)(C)C)nn1-c1ccccc1Cl)C(=O)Nc1ccc(OCC)cc1. The van der Waals surface area contributed by atoms with Gasteiger partial charge in [0, 0.05) is 23.7 Å². The number of carbonyl (C=O) groups excluding carboxylic acids is 2. The number of para-hydroxylation sites is 1. The second kappa shape index (κ2) is 11.9. The highest BCUT2D eigenvalue weighted by molar-refractivity contribution is 6.32. The van der Waals surface area contributed by atoms with Crippen LogP contribution in [0.15, 0.2) is 54.6 Å². The third-order valence-electron chi connectivity index (χ3n) is 5.36. The molecular weight excluding hydrogens is 478 g/mol. The Labute approximate surface area is 217 Å². The molecule has 0 aliphatic carbocycles. The summed E-state index contributed by atoms with van der Waals surface area (Å²) < 4.78 is 7.07. The molecule has 0 atom stereocenters. The summed E-state index contributed by atoms with van der Waals surface area (Å²) in [5, 5.41) is 11.0. The van der Waals surface area contributed by atoms with Gasteiger partial charge in [0.2, 0.25) is 5.91 Å². The topological polar surface area (TPSA) is 88.5 Å². The number of benzene rings is 2. The second-order valence-corrected chi connectivity index (χ2v) is 9.79. The summed E-state index contributed by atoms with van der Waals surface area (Å²) in [5.41, 5.74) is 1.84. The monoisotopic (exact) mass is 511 g/mol. The number of aromatic nitrogens is 2.